The lowest BCUT2D eigenvalue weighted by Crippen LogP contribution is -2.27. The monoisotopic (exact) mass is 300 g/mol. The van der Waals surface area contributed by atoms with E-state index in [9.17, 15) is 8.42 Å². The summed E-state index contributed by atoms with van der Waals surface area (Å²) in [6.07, 6.45) is 0.645. The highest BCUT2D eigenvalue weighted by atomic mass is 32.2. The highest BCUT2D eigenvalue weighted by Gasteiger charge is 2.21. The topological polar surface area (TPSA) is 81.4 Å². The van der Waals surface area contributed by atoms with Gasteiger partial charge in [0.15, 0.2) is 0 Å². The molecule has 0 spiro atoms. The van der Waals surface area contributed by atoms with Gasteiger partial charge in [-0.1, -0.05) is 0 Å². The Kier molecular flexibility index (Phi) is 5.98. The lowest BCUT2D eigenvalue weighted by molar-refractivity contribution is 0.146. The van der Waals surface area contributed by atoms with Gasteiger partial charge in [0.05, 0.1) is 4.90 Å². The van der Waals surface area contributed by atoms with Crippen LogP contribution in [0.25, 0.3) is 0 Å². The molecular formula is C14H24N2O3S. The molecule has 0 heterocycles. The smallest absolute Gasteiger partial charge is 0.241 e. The van der Waals surface area contributed by atoms with Crippen LogP contribution in [0, 0.1) is 20.8 Å². The van der Waals surface area contributed by atoms with Gasteiger partial charge in [-0.05, 0) is 56.9 Å². The van der Waals surface area contributed by atoms with Crippen molar-refractivity contribution in [3.8, 4) is 0 Å². The van der Waals surface area contributed by atoms with Crippen LogP contribution in [-0.2, 0) is 14.8 Å². The second-order valence-corrected chi connectivity index (χ2v) is 6.51. The lowest BCUT2D eigenvalue weighted by atomic mass is 10.1. The Labute approximate surface area is 121 Å². The van der Waals surface area contributed by atoms with E-state index in [4.69, 9.17) is 10.5 Å². The molecule has 0 saturated heterocycles. The third kappa shape index (κ3) is 3.94. The first-order valence-corrected chi connectivity index (χ1v) is 8.23. The molecule has 0 saturated carbocycles. The van der Waals surface area contributed by atoms with E-state index in [1.54, 1.807) is 19.9 Å². The number of anilines is 1. The fourth-order valence-electron chi connectivity index (χ4n) is 2.04. The van der Waals surface area contributed by atoms with Crippen molar-refractivity contribution in [1.82, 2.24) is 4.72 Å². The molecule has 0 amide bonds. The van der Waals surface area contributed by atoms with Crippen molar-refractivity contribution in [1.29, 1.82) is 0 Å². The Morgan fingerprint density at radius 3 is 2.50 bits per heavy atom. The van der Waals surface area contributed by atoms with Gasteiger partial charge in [0.25, 0.3) is 0 Å². The Balaban J connectivity index is 2.93. The van der Waals surface area contributed by atoms with Gasteiger partial charge in [0, 0.05) is 25.4 Å². The van der Waals surface area contributed by atoms with Crippen molar-refractivity contribution in [2.24, 2.45) is 0 Å². The van der Waals surface area contributed by atoms with Gasteiger partial charge >= 0.3 is 0 Å². The van der Waals surface area contributed by atoms with E-state index in [-0.39, 0.29) is 0 Å². The molecule has 0 aliphatic carbocycles. The van der Waals surface area contributed by atoms with Crippen LogP contribution < -0.4 is 10.5 Å². The number of sulfonamides is 1. The number of nitrogen functional groups attached to an aromatic ring is 1. The molecule has 0 aromatic heterocycles. The molecule has 0 unspecified atom stereocenters. The molecule has 3 N–H and O–H groups in total. The summed E-state index contributed by atoms with van der Waals surface area (Å²) >= 11 is 0. The zero-order valence-electron chi connectivity index (χ0n) is 12.6. The molecule has 1 rings (SSSR count). The van der Waals surface area contributed by atoms with Crippen molar-refractivity contribution < 1.29 is 13.2 Å². The quantitative estimate of drug-likeness (QED) is 0.595. The molecule has 5 nitrogen and oxygen atoms in total. The normalized spacial score (nSPS) is 11.8. The van der Waals surface area contributed by atoms with Gasteiger partial charge in [0.1, 0.15) is 0 Å². The maximum Gasteiger partial charge on any atom is 0.241 e. The van der Waals surface area contributed by atoms with E-state index in [0.717, 1.165) is 11.1 Å². The Bertz CT molecular complexity index is 542. The minimum absolute atomic E-state index is 0.298. The summed E-state index contributed by atoms with van der Waals surface area (Å²) < 4.78 is 32.6. The average molecular weight is 300 g/mol. The first kappa shape index (κ1) is 16.9. The summed E-state index contributed by atoms with van der Waals surface area (Å²) in [6, 6.07) is 1.80. The third-order valence-corrected chi connectivity index (χ3v) is 5.04. The number of nitrogens with one attached hydrogen (secondary N) is 1. The molecule has 0 bridgehead atoms. The summed E-state index contributed by atoms with van der Waals surface area (Å²) in [5, 5.41) is 0. The summed E-state index contributed by atoms with van der Waals surface area (Å²) in [4.78, 5) is 0.298. The average Bonchev–Trinajstić information content (AvgIpc) is 2.36. The largest absolute Gasteiger partial charge is 0.398 e. The van der Waals surface area contributed by atoms with E-state index >= 15 is 0 Å². The highest BCUT2D eigenvalue weighted by Crippen LogP contribution is 2.27. The van der Waals surface area contributed by atoms with Crippen LogP contribution in [0.1, 0.15) is 30.0 Å². The first-order valence-electron chi connectivity index (χ1n) is 6.75. The summed E-state index contributed by atoms with van der Waals surface area (Å²) in [7, 11) is -3.54. The third-order valence-electron chi connectivity index (χ3n) is 3.31. The lowest BCUT2D eigenvalue weighted by Gasteiger charge is -2.16. The van der Waals surface area contributed by atoms with E-state index < -0.39 is 10.0 Å². The Morgan fingerprint density at radius 2 is 1.90 bits per heavy atom. The number of nitrogens with two attached hydrogens (primary N) is 1. The van der Waals surface area contributed by atoms with E-state index in [1.165, 1.54) is 0 Å². The molecule has 0 fully saturated rings. The SMILES string of the molecule is CCOCCCNS(=O)(=O)c1c(C)c(C)cc(N)c1C. The van der Waals surface area contributed by atoms with Crippen molar-refractivity contribution in [2.45, 2.75) is 39.0 Å². The molecule has 1 aromatic carbocycles. The van der Waals surface area contributed by atoms with Crippen LogP contribution in [-0.4, -0.2) is 28.2 Å². The van der Waals surface area contributed by atoms with Crippen LogP contribution in [0.3, 0.4) is 0 Å². The van der Waals surface area contributed by atoms with Crippen LogP contribution in [0.5, 0.6) is 0 Å². The van der Waals surface area contributed by atoms with Crippen molar-refractivity contribution in [2.75, 3.05) is 25.5 Å². The molecule has 0 radical (unpaired) electrons. The molecular weight excluding hydrogens is 276 g/mol. The van der Waals surface area contributed by atoms with Crippen LogP contribution in [0.15, 0.2) is 11.0 Å². The zero-order chi connectivity index (χ0) is 15.3. The highest BCUT2D eigenvalue weighted by molar-refractivity contribution is 7.89. The number of ether oxygens (including phenoxy) is 1. The molecule has 20 heavy (non-hydrogen) atoms. The Morgan fingerprint density at radius 1 is 1.25 bits per heavy atom. The van der Waals surface area contributed by atoms with Gasteiger partial charge in [-0.25, -0.2) is 13.1 Å². The molecule has 0 atom stereocenters. The molecule has 6 heteroatoms. The van der Waals surface area contributed by atoms with Gasteiger partial charge in [-0.2, -0.15) is 0 Å². The predicted molar refractivity (Wildman–Crippen MR) is 81.4 cm³/mol. The standard InChI is InChI=1S/C14H24N2O3S/c1-5-19-8-6-7-16-20(17,18)14-11(3)10(2)9-13(15)12(14)4/h9,16H,5-8,15H2,1-4H3. The van der Waals surface area contributed by atoms with Crippen molar-refractivity contribution in [3.63, 3.8) is 0 Å². The zero-order valence-corrected chi connectivity index (χ0v) is 13.4. The number of rotatable bonds is 7. The maximum absolute atomic E-state index is 12.4. The second kappa shape index (κ2) is 7.06. The van der Waals surface area contributed by atoms with E-state index in [0.29, 0.717) is 42.3 Å². The Hall–Kier alpha value is -1.11. The molecule has 114 valence electrons. The summed E-state index contributed by atoms with van der Waals surface area (Å²) in [6.45, 7) is 8.85. The van der Waals surface area contributed by atoms with Gasteiger partial charge < -0.3 is 10.5 Å². The van der Waals surface area contributed by atoms with Gasteiger partial charge in [-0.3, -0.25) is 0 Å². The number of hydrogen-bond acceptors (Lipinski definition) is 4. The number of aryl methyl sites for hydroxylation is 1. The molecule has 0 aliphatic rings. The molecule has 0 aliphatic heterocycles. The van der Waals surface area contributed by atoms with E-state index in [1.807, 2.05) is 13.8 Å². The van der Waals surface area contributed by atoms with Gasteiger partial charge in [-0.15, -0.1) is 0 Å². The second-order valence-electron chi connectivity index (χ2n) is 4.81. The summed E-state index contributed by atoms with van der Waals surface area (Å²) in [5.74, 6) is 0. The first-order chi connectivity index (χ1) is 9.31. The fourth-order valence-corrected chi connectivity index (χ4v) is 3.68. The number of hydrogen-bond donors (Lipinski definition) is 2. The van der Waals surface area contributed by atoms with Crippen LogP contribution in [0.4, 0.5) is 5.69 Å². The summed E-state index contributed by atoms with van der Waals surface area (Å²) in [5.41, 5.74) is 8.60. The predicted octanol–water partition coefficient (Wildman–Crippen LogP) is 1.90. The van der Waals surface area contributed by atoms with E-state index in [2.05, 4.69) is 4.72 Å². The fraction of sp³-hybridized carbons (Fsp3) is 0.571. The van der Waals surface area contributed by atoms with Crippen LogP contribution in [0.2, 0.25) is 0 Å². The molecule has 1 aromatic rings. The van der Waals surface area contributed by atoms with Crippen LogP contribution >= 0.6 is 0 Å². The maximum atomic E-state index is 12.4. The van der Waals surface area contributed by atoms with Gasteiger partial charge in [0.2, 0.25) is 10.0 Å². The minimum Gasteiger partial charge on any atom is -0.398 e. The minimum atomic E-state index is -3.54. The number of benzene rings is 1. The van der Waals surface area contributed by atoms with Crippen molar-refractivity contribution in [3.05, 3.63) is 22.8 Å². The van der Waals surface area contributed by atoms with Crippen molar-refractivity contribution >= 4 is 15.7 Å².